The van der Waals surface area contributed by atoms with Crippen molar-refractivity contribution in [3.63, 3.8) is 0 Å². The maximum absolute atomic E-state index is 13.5. The van der Waals surface area contributed by atoms with Crippen LogP contribution in [0.1, 0.15) is 50.4 Å². The normalized spacial score (nSPS) is 19.3. The van der Waals surface area contributed by atoms with Crippen molar-refractivity contribution >= 4 is 27.6 Å². The summed E-state index contributed by atoms with van der Waals surface area (Å²) in [6, 6.07) is 0. The average molecular weight is 539 g/mol. The number of hydrogen-bond acceptors (Lipinski definition) is 11. The maximum Gasteiger partial charge on any atom is 0.245 e. The minimum atomic E-state index is -4.10. The number of rotatable bonds is 10. The molecule has 0 bridgehead atoms. The molecule has 1 aliphatic rings. The summed E-state index contributed by atoms with van der Waals surface area (Å²) in [7, 11) is 0.172. The second-order valence-electron chi connectivity index (χ2n) is 8.39. The Kier molecular flexibility index (Phi) is 7.57. The predicted molar refractivity (Wildman–Crippen MR) is 130 cm³/mol. The molecule has 0 radical (unpaired) electrons. The summed E-state index contributed by atoms with van der Waals surface area (Å²) in [4.78, 5) is 16.6. The van der Waals surface area contributed by atoms with Crippen molar-refractivity contribution in [1.29, 1.82) is 0 Å². The van der Waals surface area contributed by atoms with Crippen LogP contribution >= 0.6 is 11.6 Å². The zero-order valence-corrected chi connectivity index (χ0v) is 22.0. The first kappa shape index (κ1) is 26.0. The molecule has 0 aliphatic heterocycles. The van der Waals surface area contributed by atoms with Crippen molar-refractivity contribution in [3.8, 4) is 17.4 Å². The molecule has 4 rings (SSSR count). The molecule has 1 saturated carbocycles. The SMILES string of the molecule is COc1ncnc(OC)c1-n1c(NS(=O)(=O)C(C)C(OC)c2ncc(Cl)cn2)nnc1[C@H]1CC[C@@H]1C. The van der Waals surface area contributed by atoms with Crippen LogP contribution in [0, 0.1) is 5.92 Å². The Morgan fingerprint density at radius 1 is 1.06 bits per heavy atom. The van der Waals surface area contributed by atoms with E-state index in [1.54, 1.807) is 4.57 Å². The first-order valence-corrected chi connectivity index (χ1v) is 13.0. The Morgan fingerprint density at radius 3 is 2.19 bits per heavy atom. The van der Waals surface area contributed by atoms with Crippen LogP contribution in [-0.2, 0) is 14.8 Å². The Hall–Kier alpha value is -3.10. The zero-order valence-electron chi connectivity index (χ0n) is 20.4. The van der Waals surface area contributed by atoms with Gasteiger partial charge in [0.15, 0.2) is 11.5 Å². The fraction of sp³-hybridized carbons (Fsp3) is 0.524. The number of anilines is 1. The topological polar surface area (TPSA) is 156 Å². The molecule has 3 heterocycles. The monoisotopic (exact) mass is 538 g/mol. The van der Waals surface area contributed by atoms with Gasteiger partial charge in [-0.2, -0.15) is 9.97 Å². The summed E-state index contributed by atoms with van der Waals surface area (Å²) in [6.45, 7) is 3.58. The van der Waals surface area contributed by atoms with E-state index >= 15 is 0 Å². The molecule has 3 aromatic heterocycles. The Bertz CT molecular complexity index is 1300. The molecule has 36 heavy (non-hydrogen) atoms. The smallest absolute Gasteiger partial charge is 0.245 e. The highest BCUT2D eigenvalue weighted by molar-refractivity contribution is 7.93. The number of hydrogen-bond donors (Lipinski definition) is 1. The molecule has 2 unspecified atom stereocenters. The number of nitrogens with zero attached hydrogens (tertiary/aromatic N) is 7. The van der Waals surface area contributed by atoms with Crippen LogP contribution in [0.2, 0.25) is 5.02 Å². The zero-order chi connectivity index (χ0) is 26.0. The van der Waals surface area contributed by atoms with Gasteiger partial charge in [-0.25, -0.2) is 18.4 Å². The number of halogens is 1. The van der Waals surface area contributed by atoms with Gasteiger partial charge < -0.3 is 14.2 Å². The number of sulfonamides is 1. The number of nitrogens with one attached hydrogen (secondary N) is 1. The molecule has 13 nitrogen and oxygen atoms in total. The van der Waals surface area contributed by atoms with Gasteiger partial charge in [0, 0.05) is 25.4 Å². The molecule has 1 fully saturated rings. The van der Waals surface area contributed by atoms with Crippen LogP contribution in [0.5, 0.6) is 11.8 Å². The van der Waals surface area contributed by atoms with Crippen LogP contribution in [0.3, 0.4) is 0 Å². The molecule has 194 valence electrons. The van der Waals surface area contributed by atoms with Gasteiger partial charge in [0.1, 0.15) is 23.5 Å². The van der Waals surface area contributed by atoms with Crippen molar-refractivity contribution in [3.05, 3.63) is 35.4 Å². The van der Waals surface area contributed by atoms with Crippen LogP contribution in [0.25, 0.3) is 5.69 Å². The third-order valence-electron chi connectivity index (χ3n) is 6.30. The fourth-order valence-electron chi connectivity index (χ4n) is 4.07. The number of aromatic nitrogens is 7. The van der Waals surface area contributed by atoms with Crippen molar-refractivity contribution in [2.45, 2.75) is 44.0 Å². The summed E-state index contributed by atoms with van der Waals surface area (Å²) in [5, 5.41) is 7.73. The van der Waals surface area contributed by atoms with E-state index in [9.17, 15) is 8.42 Å². The summed E-state index contributed by atoms with van der Waals surface area (Å²) >= 11 is 5.87. The minimum absolute atomic E-state index is 0.0528. The lowest BCUT2D eigenvalue weighted by atomic mass is 9.74. The highest BCUT2D eigenvalue weighted by Crippen LogP contribution is 2.44. The van der Waals surface area contributed by atoms with E-state index in [-0.39, 0.29) is 35.1 Å². The van der Waals surface area contributed by atoms with E-state index in [1.807, 2.05) is 0 Å². The molecule has 1 N–H and O–H groups in total. The van der Waals surface area contributed by atoms with Crippen LogP contribution in [0.15, 0.2) is 18.7 Å². The maximum atomic E-state index is 13.5. The lowest BCUT2D eigenvalue weighted by Gasteiger charge is -2.33. The number of ether oxygens (including phenoxy) is 3. The van der Waals surface area contributed by atoms with Gasteiger partial charge in [-0.1, -0.05) is 18.5 Å². The lowest BCUT2D eigenvalue weighted by Crippen LogP contribution is -2.33. The fourth-order valence-corrected chi connectivity index (χ4v) is 5.30. The van der Waals surface area contributed by atoms with Crippen molar-refractivity contribution < 1.29 is 22.6 Å². The van der Waals surface area contributed by atoms with Crippen LogP contribution < -0.4 is 14.2 Å². The lowest BCUT2D eigenvalue weighted by molar-refractivity contribution is 0.0950. The van der Waals surface area contributed by atoms with Gasteiger partial charge in [-0.05, 0) is 25.7 Å². The minimum Gasteiger partial charge on any atom is -0.479 e. The molecular formula is C21H27ClN8O5S. The quantitative estimate of drug-likeness (QED) is 0.404. The van der Waals surface area contributed by atoms with E-state index < -0.39 is 21.4 Å². The molecule has 3 aromatic rings. The summed E-state index contributed by atoms with van der Waals surface area (Å²) in [5.74, 6) is 1.39. The van der Waals surface area contributed by atoms with Crippen LogP contribution in [-0.4, -0.2) is 69.7 Å². The number of methoxy groups -OCH3 is 3. The highest BCUT2D eigenvalue weighted by atomic mass is 35.5. The Morgan fingerprint density at radius 2 is 1.69 bits per heavy atom. The van der Waals surface area contributed by atoms with Gasteiger partial charge in [0.05, 0.1) is 19.2 Å². The summed E-state index contributed by atoms with van der Waals surface area (Å²) < 4.78 is 47.5. The molecule has 0 spiro atoms. The van der Waals surface area contributed by atoms with E-state index in [1.165, 1.54) is 47.0 Å². The first-order chi connectivity index (χ1) is 17.2. The van der Waals surface area contributed by atoms with Gasteiger partial charge in [-0.15, -0.1) is 10.2 Å². The standard InChI is InChI=1S/C21H27ClN8O5S/c1-11-6-7-14(11)18-27-28-21(30(18)15-19(34-4)25-10-26-20(15)35-5)29-36(31,32)12(2)16(33-3)17-23-8-13(22)9-24-17/h8-12,14,16H,6-7H2,1-5H3,(H,28,29)/t11-,12?,14-,16?/m0/s1. The van der Waals surface area contributed by atoms with Gasteiger partial charge in [0.25, 0.3) is 0 Å². The molecule has 15 heteroatoms. The largest absolute Gasteiger partial charge is 0.479 e. The van der Waals surface area contributed by atoms with Crippen LogP contribution in [0.4, 0.5) is 5.95 Å². The van der Waals surface area contributed by atoms with E-state index in [2.05, 4.69) is 41.8 Å². The van der Waals surface area contributed by atoms with E-state index in [4.69, 9.17) is 25.8 Å². The van der Waals surface area contributed by atoms with E-state index in [0.29, 0.717) is 16.8 Å². The Balaban J connectivity index is 1.78. The molecule has 0 saturated heterocycles. The third kappa shape index (κ3) is 4.80. The first-order valence-electron chi connectivity index (χ1n) is 11.1. The molecule has 0 amide bonds. The molecular weight excluding hydrogens is 512 g/mol. The second-order valence-corrected chi connectivity index (χ2v) is 10.9. The van der Waals surface area contributed by atoms with Crippen molar-refractivity contribution in [2.75, 3.05) is 26.1 Å². The van der Waals surface area contributed by atoms with Crippen molar-refractivity contribution in [1.82, 2.24) is 34.7 Å². The second kappa shape index (κ2) is 10.5. The van der Waals surface area contributed by atoms with E-state index in [0.717, 1.165) is 12.8 Å². The third-order valence-corrected chi connectivity index (χ3v) is 8.19. The molecule has 4 atom stereocenters. The van der Waals surface area contributed by atoms with Crippen molar-refractivity contribution in [2.24, 2.45) is 5.92 Å². The molecule has 1 aliphatic carbocycles. The molecule has 0 aromatic carbocycles. The van der Waals surface area contributed by atoms with Gasteiger partial charge >= 0.3 is 0 Å². The van der Waals surface area contributed by atoms with Gasteiger partial charge in [-0.3, -0.25) is 9.29 Å². The average Bonchev–Trinajstić information content (AvgIpc) is 3.24. The summed E-state index contributed by atoms with van der Waals surface area (Å²) in [6.07, 6.45) is 4.95. The summed E-state index contributed by atoms with van der Waals surface area (Å²) in [5.41, 5.74) is 0.288. The Labute approximate surface area is 213 Å². The highest BCUT2D eigenvalue weighted by Gasteiger charge is 2.38. The van der Waals surface area contributed by atoms with Gasteiger partial charge in [0.2, 0.25) is 27.7 Å². The predicted octanol–water partition coefficient (Wildman–Crippen LogP) is 2.55.